The van der Waals surface area contributed by atoms with Crippen LogP contribution in [-0.2, 0) is 46.8 Å². The molecule has 8 nitrogen and oxygen atoms in total. The Labute approximate surface area is 244 Å². The average Bonchev–Trinajstić information content (AvgIpc) is 3.77. The molecule has 1 saturated heterocycles. The molecular weight excluding hydrogens is 532 g/mol. The molecule has 3 aromatic rings. The molecule has 42 heavy (non-hydrogen) atoms. The number of amides is 2. The normalized spacial score (nSPS) is 21.9. The highest BCUT2D eigenvalue weighted by molar-refractivity contribution is 6.06. The number of hydrogen-bond donors (Lipinski definition) is 0. The van der Waals surface area contributed by atoms with E-state index in [2.05, 4.69) is 6.07 Å². The molecule has 1 spiro atoms. The van der Waals surface area contributed by atoms with Crippen molar-refractivity contribution in [2.45, 2.75) is 43.7 Å². The predicted molar refractivity (Wildman–Crippen MR) is 155 cm³/mol. The fraction of sp³-hybridized carbons (Fsp3) is 0.294. The summed E-state index contributed by atoms with van der Waals surface area (Å²) in [5, 5.41) is 0. The molecule has 3 aromatic carbocycles. The molecule has 0 N–H and O–H groups in total. The van der Waals surface area contributed by atoms with Crippen molar-refractivity contribution in [2.75, 3.05) is 24.5 Å². The van der Waals surface area contributed by atoms with E-state index in [0.717, 1.165) is 35.2 Å². The van der Waals surface area contributed by atoms with Gasteiger partial charge in [0.15, 0.2) is 0 Å². The van der Waals surface area contributed by atoms with Crippen LogP contribution in [0.3, 0.4) is 0 Å². The highest BCUT2D eigenvalue weighted by atomic mass is 16.7. The van der Waals surface area contributed by atoms with Crippen molar-refractivity contribution in [1.82, 2.24) is 4.90 Å². The molecule has 1 fully saturated rings. The molecule has 214 valence electrons. The van der Waals surface area contributed by atoms with Crippen LogP contribution in [0.2, 0.25) is 0 Å². The summed E-state index contributed by atoms with van der Waals surface area (Å²) in [5.41, 5.74) is 3.93. The maximum atomic E-state index is 13.7. The van der Waals surface area contributed by atoms with Gasteiger partial charge in [-0.1, -0.05) is 78.9 Å². The third-order valence-corrected chi connectivity index (χ3v) is 8.56. The van der Waals surface area contributed by atoms with Crippen molar-refractivity contribution in [3.05, 3.63) is 126 Å². The minimum Gasteiger partial charge on any atom is -0.458 e. The molecule has 0 aromatic heterocycles. The van der Waals surface area contributed by atoms with E-state index in [1.54, 1.807) is 4.90 Å². The first-order chi connectivity index (χ1) is 20.6. The van der Waals surface area contributed by atoms with E-state index < -0.39 is 12.6 Å². The van der Waals surface area contributed by atoms with E-state index in [1.165, 1.54) is 12.5 Å². The third-order valence-electron chi connectivity index (χ3n) is 8.56. The van der Waals surface area contributed by atoms with Crippen LogP contribution in [0.25, 0.3) is 0 Å². The maximum absolute atomic E-state index is 13.7. The van der Waals surface area contributed by atoms with Crippen LogP contribution in [0.4, 0.5) is 5.69 Å². The quantitative estimate of drug-likeness (QED) is 0.428. The number of fused-ring (bicyclic) bond motifs is 2. The van der Waals surface area contributed by atoms with Crippen LogP contribution in [0.5, 0.6) is 0 Å². The van der Waals surface area contributed by atoms with Gasteiger partial charge in [-0.05, 0) is 35.6 Å². The second-order valence-electron chi connectivity index (χ2n) is 11.2. The van der Waals surface area contributed by atoms with Gasteiger partial charge in [-0.25, -0.2) is 0 Å². The number of rotatable bonds is 6. The van der Waals surface area contributed by atoms with E-state index in [4.69, 9.17) is 18.9 Å². The molecule has 4 aliphatic heterocycles. The first kappa shape index (κ1) is 26.2. The number of carbonyl (C=O) groups is 2. The van der Waals surface area contributed by atoms with Crippen molar-refractivity contribution in [2.24, 2.45) is 0 Å². The van der Waals surface area contributed by atoms with E-state index in [9.17, 15) is 9.59 Å². The minimum atomic E-state index is -0.532. The second-order valence-corrected chi connectivity index (χ2v) is 11.2. The Bertz CT molecular complexity index is 1530. The summed E-state index contributed by atoms with van der Waals surface area (Å²) in [6, 6.07) is 27.9. The van der Waals surface area contributed by atoms with Crippen molar-refractivity contribution in [1.29, 1.82) is 0 Å². The molecule has 2 atom stereocenters. The van der Waals surface area contributed by atoms with Gasteiger partial charge >= 0.3 is 0 Å². The summed E-state index contributed by atoms with van der Waals surface area (Å²) in [6.07, 6.45) is 4.42. The maximum Gasteiger partial charge on any atom is 0.296 e. The van der Waals surface area contributed by atoms with Gasteiger partial charge in [0.05, 0.1) is 0 Å². The molecule has 8 heteroatoms. The summed E-state index contributed by atoms with van der Waals surface area (Å²) in [7, 11) is 0. The topological polar surface area (TPSA) is 77.5 Å². The van der Waals surface area contributed by atoms with Gasteiger partial charge in [0.2, 0.25) is 24.1 Å². The fourth-order valence-electron chi connectivity index (χ4n) is 6.33. The summed E-state index contributed by atoms with van der Waals surface area (Å²) >= 11 is 0. The van der Waals surface area contributed by atoms with Gasteiger partial charge in [-0.2, -0.15) is 0 Å². The standard InChI is InChI=1S/C34H32N2O6/c37-32(28-21-39-30(41-28)19-24-9-3-1-4-10-24)35-17-15-34(16-18-35)23-36(27-14-8-7-13-26(27)34)33(38)29-22-40-31(42-29)20-25-11-5-2-6-12-25/h1-14,21-22,30-31H,15-20,23H2. The van der Waals surface area contributed by atoms with Crippen LogP contribution in [-0.4, -0.2) is 48.9 Å². The number of carbonyl (C=O) groups excluding carboxylic acids is 2. The first-order valence-corrected chi connectivity index (χ1v) is 14.4. The highest BCUT2D eigenvalue weighted by Gasteiger charge is 2.48. The zero-order valence-corrected chi connectivity index (χ0v) is 23.2. The molecule has 0 saturated carbocycles. The second kappa shape index (κ2) is 10.9. The van der Waals surface area contributed by atoms with Crippen LogP contribution >= 0.6 is 0 Å². The van der Waals surface area contributed by atoms with E-state index >= 15 is 0 Å². The summed E-state index contributed by atoms with van der Waals surface area (Å²) in [6.45, 7) is 1.64. The smallest absolute Gasteiger partial charge is 0.296 e. The number of piperidine rings is 1. The lowest BCUT2D eigenvalue weighted by Crippen LogP contribution is -2.48. The minimum absolute atomic E-state index is 0.161. The van der Waals surface area contributed by atoms with E-state index in [-0.39, 0.29) is 28.7 Å². The van der Waals surface area contributed by atoms with Gasteiger partial charge < -0.3 is 28.7 Å². The molecule has 0 bridgehead atoms. The number of anilines is 1. The van der Waals surface area contributed by atoms with E-state index in [1.807, 2.05) is 83.8 Å². The Kier molecular flexibility index (Phi) is 6.82. The summed E-state index contributed by atoms with van der Waals surface area (Å²) < 4.78 is 23.2. The Morgan fingerprint density at radius 3 is 1.81 bits per heavy atom. The number of ether oxygens (including phenoxy) is 4. The average molecular weight is 565 g/mol. The molecule has 0 aliphatic carbocycles. The van der Waals surface area contributed by atoms with Crippen LogP contribution in [0, 0.1) is 0 Å². The zero-order chi connectivity index (χ0) is 28.5. The SMILES string of the molecule is O=C(C1=COC(Cc2ccccc2)O1)N1CCC2(CC1)CN(C(=O)C1=COC(Cc3ccccc3)O1)c1ccccc12. The zero-order valence-electron chi connectivity index (χ0n) is 23.2. The highest BCUT2D eigenvalue weighted by Crippen LogP contribution is 2.47. The molecule has 2 amide bonds. The number of benzene rings is 3. The summed E-state index contributed by atoms with van der Waals surface area (Å²) in [5.74, 6) is 0.0851. The molecule has 0 radical (unpaired) electrons. The Balaban J connectivity index is 0.984. The molecular formula is C34H32N2O6. The Hall–Kier alpha value is -4.72. The fourth-order valence-corrected chi connectivity index (χ4v) is 6.33. The van der Waals surface area contributed by atoms with Gasteiger partial charge in [0.1, 0.15) is 12.5 Å². The molecule has 2 unspecified atom stereocenters. The van der Waals surface area contributed by atoms with Gasteiger partial charge in [0.25, 0.3) is 11.8 Å². The number of para-hydroxylation sites is 1. The Morgan fingerprint density at radius 1 is 0.690 bits per heavy atom. The Morgan fingerprint density at radius 2 is 1.21 bits per heavy atom. The van der Waals surface area contributed by atoms with Crippen LogP contribution < -0.4 is 4.90 Å². The van der Waals surface area contributed by atoms with Crippen molar-refractivity contribution < 1.29 is 28.5 Å². The van der Waals surface area contributed by atoms with Gasteiger partial charge in [0, 0.05) is 43.6 Å². The lowest BCUT2D eigenvalue weighted by Gasteiger charge is -2.39. The monoisotopic (exact) mass is 564 g/mol. The van der Waals surface area contributed by atoms with Crippen molar-refractivity contribution in [3.63, 3.8) is 0 Å². The van der Waals surface area contributed by atoms with Crippen LogP contribution in [0.15, 0.2) is 109 Å². The largest absolute Gasteiger partial charge is 0.458 e. The number of likely N-dealkylation sites (tertiary alicyclic amines) is 1. The van der Waals surface area contributed by atoms with Gasteiger partial charge in [-0.3, -0.25) is 9.59 Å². The molecule has 7 rings (SSSR count). The lowest BCUT2D eigenvalue weighted by atomic mass is 9.74. The first-order valence-electron chi connectivity index (χ1n) is 14.4. The van der Waals surface area contributed by atoms with E-state index in [0.29, 0.717) is 32.5 Å². The van der Waals surface area contributed by atoms with Crippen molar-refractivity contribution in [3.8, 4) is 0 Å². The van der Waals surface area contributed by atoms with Crippen LogP contribution in [0.1, 0.15) is 29.5 Å². The predicted octanol–water partition coefficient (Wildman–Crippen LogP) is 4.81. The third kappa shape index (κ3) is 4.98. The number of nitrogens with zero attached hydrogens (tertiary/aromatic N) is 2. The van der Waals surface area contributed by atoms with Crippen molar-refractivity contribution >= 4 is 17.5 Å². The lowest BCUT2D eigenvalue weighted by molar-refractivity contribution is -0.134. The summed E-state index contributed by atoms with van der Waals surface area (Å²) in [4.78, 5) is 30.6. The molecule has 4 heterocycles. The molecule has 4 aliphatic rings. The van der Waals surface area contributed by atoms with Gasteiger partial charge in [-0.15, -0.1) is 0 Å². The number of hydrogen-bond acceptors (Lipinski definition) is 6.